The van der Waals surface area contributed by atoms with Crippen molar-refractivity contribution in [2.24, 2.45) is 0 Å². The summed E-state index contributed by atoms with van der Waals surface area (Å²) in [5, 5.41) is 8.50. The van der Waals surface area contributed by atoms with Crippen LogP contribution in [0.5, 0.6) is 0 Å². The lowest BCUT2D eigenvalue weighted by Crippen LogP contribution is -2.43. The maximum absolute atomic E-state index is 14.3. The number of nitrogens with two attached hydrogens (primary N) is 1. The number of benzene rings is 1. The van der Waals surface area contributed by atoms with Crippen LogP contribution in [0.1, 0.15) is 29.8 Å². The number of pyridine rings is 1. The minimum atomic E-state index is -5.03. The number of nitrogen functional groups attached to an aromatic ring is 1. The highest BCUT2D eigenvalue weighted by atomic mass is 19.4. The fourth-order valence-corrected chi connectivity index (χ4v) is 4.44. The molecule has 15 heteroatoms. The van der Waals surface area contributed by atoms with Crippen molar-refractivity contribution in [2.75, 3.05) is 29.0 Å². The van der Waals surface area contributed by atoms with Gasteiger partial charge in [0.15, 0.2) is 11.5 Å². The monoisotopic (exact) mass is 569 g/mol. The van der Waals surface area contributed by atoms with Crippen molar-refractivity contribution in [3.63, 3.8) is 0 Å². The van der Waals surface area contributed by atoms with Gasteiger partial charge in [-0.3, -0.25) is 9.59 Å². The number of alkyl halides is 5. The average Bonchev–Trinajstić information content (AvgIpc) is 3.11. The predicted molar refractivity (Wildman–Crippen MR) is 134 cm³/mol. The van der Waals surface area contributed by atoms with Crippen LogP contribution >= 0.6 is 0 Å². The number of anilines is 3. The molecule has 1 aliphatic heterocycles. The van der Waals surface area contributed by atoms with Crippen LogP contribution in [-0.2, 0) is 11.3 Å². The molecule has 0 aliphatic carbocycles. The Bertz CT molecular complexity index is 1380. The lowest BCUT2D eigenvalue weighted by Gasteiger charge is -2.25. The van der Waals surface area contributed by atoms with Crippen LogP contribution < -0.4 is 21.3 Å². The van der Waals surface area contributed by atoms with Crippen LogP contribution in [0.4, 0.5) is 43.5 Å². The molecule has 1 aliphatic rings. The number of carbonyl (C=O) groups is 2. The van der Waals surface area contributed by atoms with Crippen LogP contribution in [0, 0.1) is 5.82 Å². The summed E-state index contributed by atoms with van der Waals surface area (Å²) >= 11 is 0. The SMILES string of the molecule is Nc1ccc(-c2ccccc2F)nc1C(=O)Nc1cnn(CC(F)F)c1N1CCCC(NC(=O)C(F)(F)F)CC1. The van der Waals surface area contributed by atoms with Crippen molar-refractivity contribution in [1.29, 1.82) is 0 Å². The second kappa shape index (κ2) is 11.8. The predicted octanol–water partition coefficient (Wildman–Crippen LogP) is 4.22. The topological polar surface area (TPSA) is 118 Å². The van der Waals surface area contributed by atoms with Gasteiger partial charge in [-0.25, -0.2) is 22.8 Å². The van der Waals surface area contributed by atoms with E-state index in [4.69, 9.17) is 5.73 Å². The molecule has 2 amide bonds. The number of aromatic nitrogens is 3. The summed E-state index contributed by atoms with van der Waals surface area (Å²) in [6.45, 7) is -0.484. The van der Waals surface area contributed by atoms with E-state index in [9.17, 15) is 35.9 Å². The zero-order valence-corrected chi connectivity index (χ0v) is 20.9. The second-order valence-corrected chi connectivity index (χ2v) is 9.11. The van der Waals surface area contributed by atoms with Crippen molar-refractivity contribution in [2.45, 2.75) is 44.5 Å². The quantitative estimate of drug-likeness (QED) is 0.367. The Kier molecular flexibility index (Phi) is 8.49. The second-order valence-electron chi connectivity index (χ2n) is 9.11. The molecule has 40 heavy (non-hydrogen) atoms. The molecular weight excluding hydrogens is 544 g/mol. The fourth-order valence-electron chi connectivity index (χ4n) is 4.44. The Labute approximate surface area is 224 Å². The average molecular weight is 570 g/mol. The van der Waals surface area contributed by atoms with Gasteiger partial charge in [0.05, 0.1) is 17.6 Å². The largest absolute Gasteiger partial charge is 0.471 e. The summed E-state index contributed by atoms with van der Waals surface area (Å²) in [5.74, 6) is -3.31. The summed E-state index contributed by atoms with van der Waals surface area (Å²) in [5.41, 5.74) is 6.03. The molecule has 4 rings (SSSR count). The first-order chi connectivity index (χ1) is 18.9. The van der Waals surface area contributed by atoms with Crippen molar-refractivity contribution in [3.05, 3.63) is 54.1 Å². The Morgan fingerprint density at radius 1 is 1.10 bits per heavy atom. The van der Waals surface area contributed by atoms with E-state index in [0.29, 0.717) is 6.42 Å². The molecule has 0 bridgehead atoms. The summed E-state index contributed by atoms with van der Waals surface area (Å²) in [4.78, 5) is 30.4. The standard InChI is InChI=1S/C25H25F6N7O2/c26-16-6-2-1-5-15(16)18-8-7-17(32)21(35-18)22(39)36-19-12-33-38(13-20(27)28)23(19)37-10-3-4-14(9-11-37)34-24(40)25(29,30)31/h1-2,5-8,12,14,20H,3-4,9-11,13,32H2,(H,34,40)(H,36,39). The zero-order chi connectivity index (χ0) is 29.0. The molecule has 1 saturated heterocycles. The molecule has 0 spiro atoms. The van der Waals surface area contributed by atoms with Gasteiger partial charge in [-0.2, -0.15) is 18.3 Å². The van der Waals surface area contributed by atoms with Crippen molar-refractivity contribution in [1.82, 2.24) is 20.1 Å². The highest BCUT2D eigenvalue weighted by molar-refractivity contribution is 6.07. The van der Waals surface area contributed by atoms with E-state index in [-0.39, 0.29) is 60.1 Å². The number of hydrogen-bond acceptors (Lipinski definition) is 6. The van der Waals surface area contributed by atoms with Gasteiger partial charge in [0.25, 0.3) is 12.3 Å². The molecule has 1 aromatic carbocycles. The lowest BCUT2D eigenvalue weighted by atomic mass is 10.1. The minimum Gasteiger partial charge on any atom is -0.397 e. The molecule has 1 unspecified atom stereocenters. The Morgan fingerprint density at radius 2 is 1.85 bits per heavy atom. The molecule has 214 valence electrons. The van der Waals surface area contributed by atoms with Gasteiger partial charge in [-0.15, -0.1) is 0 Å². The highest BCUT2D eigenvalue weighted by Crippen LogP contribution is 2.31. The van der Waals surface area contributed by atoms with E-state index in [0.717, 1.165) is 4.68 Å². The van der Waals surface area contributed by atoms with E-state index in [1.165, 1.54) is 36.5 Å². The number of halogens is 6. The Morgan fingerprint density at radius 3 is 2.55 bits per heavy atom. The van der Waals surface area contributed by atoms with E-state index in [1.54, 1.807) is 11.0 Å². The Hall–Kier alpha value is -4.30. The molecule has 0 radical (unpaired) electrons. The van der Waals surface area contributed by atoms with Crippen LogP contribution in [0.15, 0.2) is 42.6 Å². The fraction of sp³-hybridized carbons (Fsp3) is 0.360. The summed E-state index contributed by atoms with van der Waals surface area (Å²) in [6, 6.07) is 7.85. The van der Waals surface area contributed by atoms with Gasteiger partial charge in [-0.1, -0.05) is 12.1 Å². The molecular formula is C25H25F6N7O2. The summed E-state index contributed by atoms with van der Waals surface area (Å²) in [7, 11) is 0. The maximum atomic E-state index is 14.3. The van der Waals surface area contributed by atoms with Crippen LogP contribution in [-0.4, -0.2) is 58.3 Å². The van der Waals surface area contributed by atoms with Crippen LogP contribution in [0.3, 0.4) is 0 Å². The van der Waals surface area contributed by atoms with Crippen molar-refractivity contribution >= 4 is 29.0 Å². The smallest absolute Gasteiger partial charge is 0.397 e. The number of amides is 2. The van der Waals surface area contributed by atoms with Gasteiger partial charge < -0.3 is 21.3 Å². The molecule has 3 heterocycles. The number of hydrogen-bond donors (Lipinski definition) is 3. The first-order valence-electron chi connectivity index (χ1n) is 12.2. The third kappa shape index (κ3) is 6.63. The van der Waals surface area contributed by atoms with E-state index < -0.39 is 42.8 Å². The number of rotatable bonds is 7. The van der Waals surface area contributed by atoms with Gasteiger partial charge >= 0.3 is 12.1 Å². The first-order valence-corrected chi connectivity index (χ1v) is 12.2. The highest BCUT2D eigenvalue weighted by Gasteiger charge is 2.40. The number of nitrogens with zero attached hydrogens (tertiary/aromatic N) is 4. The molecule has 1 atom stereocenters. The molecule has 9 nitrogen and oxygen atoms in total. The van der Waals surface area contributed by atoms with Gasteiger partial charge in [0.1, 0.15) is 18.0 Å². The van der Waals surface area contributed by atoms with E-state index in [2.05, 4.69) is 15.4 Å². The molecule has 3 aromatic rings. The van der Waals surface area contributed by atoms with Gasteiger partial charge in [0, 0.05) is 24.7 Å². The van der Waals surface area contributed by atoms with E-state index >= 15 is 0 Å². The van der Waals surface area contributed by atoms with E-state index in [1.807, 2.05) is 5.32 Å². The Balaban J connectivity index is 1.58. The normalized spacial score (nSPS) is 16.1. The van der Waals surface area contributed by atoms with Crippen LogP contribution in [0.2, 0.25) is 0 Å². The molecule has 4 N–H and O–H groups in total. The third-order valence-corrected chi connectivity index (χ3v) is 6.28. The lowest BCUT2D eigenvalue weighted by molar-refractivity contribution is -0.174. The minimum absolute atomic E-state index is 0.0165. The van der Waals surface area contributed by atoms with Gasteiger partial charge in [-0.05, 0) is 43.5 Å². The van der Waals surface area contributed by atoms with Crippen molar-refractivity contribution in [3.8, 4) is 11.3 Å². The molecule has 0 saturated carbocycles. The third-order valence-electron chi connectivity index (χ3n) is 6.28. The number of carbonyl (C=O) groups excluding carboxylic acids is 2. The summed E-state index contributed by atoms with van der Waals surface area (Å²) < 4.78 is 80.0. The summed E-state index contributed by atoms with van der Waals surface area (Å²) in [6.07, 6.45) is -6.00. The molecule has 1 fully saturated rings. The van der Waals surface area contributed by atoms with Gasteiger partial charge in [0.2, 0.25) is 0 Å². The zero-order valence-electron chi connectivity index (χ0n) is 20.9. The maximum Gasteiger partial charge on any atom is 0.471 e. The first kappa shape index (κ1) is 28.7. The number of nitrogens with one attached hydrogen (secondary N) is 2. The van der Waals surface area contributed by atoms with Crippen molar-refractivity contribution < 1.29 is 35.9 Å². The molecule has 2 aromatic heterocycles. The van der Waals surface area contributed by atoms with Crippen LogP contribution in [0.25, 0.3) is 11.3 Å².